The fraction of sp³-hybridized carbons (Fsp3) is 0.476. The first-order chi connectivity index (χ1) is 13.3. The van der Waals surface area contributed by atoms with Gasteiger partial charge in [-0.3, -0.25) is 4.79 Å². The van der Waals surface area contributed by atoms with E-state index in [1.807, 2.05) is 30.3 Å². The van der Waals surface area contributed by atoms with E-state index in [1.165, 1.54) is 25.7 Å². The summed E-state index contributed by atoms with van der Waals surface area (Å²) in [6, 6.07) is 11.7. The zero-order valence-corrected chi connectivity index (χ0v) is 15.9. The lowest BCUT2D eigenvalue weighted by Gasteiger charge is -2.16. The normalized spacial score (nSPS) is 15.1. The minimum Gasteiger partial charge on any atom is -0.383 e. The second-order valence-electron chi connectivity index (χ2n) is 6.91. The first-order valence-corrected chi connectivity index (χ1v) is 9.74. The van der Waals surface area contributed by atoms with Crippen molar-refractivity contribution < 1.29 is 9.53 Å². The third-order valence-corrected chi connectivity index (χ3v) is 4.79. The molecule has 27 heavy (non-hydrogen) atoms. The number of carbonyl (C=O) groups is 1. The van der Waals surface area contributed by atoms with E-state index >= 15 is 0 Å². The van der Waals surface area contributed by atoms with Gasteiger partial charge in [0.1, 0.15) is 11.5 Å². The molecule has 1 saturated carbocycles. The van der Waals surface area contributed by atoms with Crippen molar-refractivity contribution in [2.45, 2.75) is 44.6 Å². The number of methoxy groups -OCH3 is 1. The molecule has 6 heteroatoms. The third kappa shape index (κ3) is 5.76. The highest BCUT2D eigenvalue weighted by molar-refractivity contribution is 5.93. The van der Waals surface area contributed by atoms with Crippen LogP contribution in [0.15, 0.2) is 36.4 Å². The average Bonchev–Trinajstić information content (AvgIpc) is 2.97. The van der Waals surface area contributed by atoms with Crippen molar-refractivity contribution in [2.24, 2.45) is 0 Å². The maximum absolute atomic E-state index is 12.8. The predicted octanol–water partition coefficient (Wildman–Crippen LogP) is 3.65. The van der Waals surface area contributed by atoms with Crippen molar-refractivity contribution in [1.82, 2.24) is 15.3 Å². The van der Waals surface area contributed by atoms with Crippen LogP contribution in [0, 0.1) is 0 Å². The Morgan fingerprint density at radius 3 is 2.56 bits per heavy atom. The summed E-state index contributed by atoms with van der Waals surface area (Å²) in [5.41, 5.74) is 1.28. The molecule has 2 N–H and O–H groups in total. The van der Waals surface area contributed by atoms with Crippen molar-refractivity contribution in [1.29, 1.82) is 0 Å². The van der Waals surface area contributed by atoms with Crippen molar-refractivity contribution in [3.05, 3.63) is 42.1 Å². The van der Waals surface area contributed by atoms with E-state index < -0.39 is 0 Å². The van der Waals surface area contributed by atoms with Crippen LogP contribution in [0.2, 0.25) is 0 Å². The second-order valence-corrected chi connectivity index (χ2v) is 6.91. The highest BCUT2D eigenvalue weighted by Crippen LogP contribution is 2.20. The van der Waals surface area contributed by atoms with Crippen LogP contribution in [-0.2, 0) is 4.74 Å². The Morgan fingerprint density at radius 1 is 1.11 bits per heavy atom. The second kappa shape index (κ2) is 10.0. The van der Waals surface area contributed by atoms with Gasteiger partial charge in [-0.1, -0.05) is 56.0 Å². The summed E-state index contributed by atoms with van der Waals surface area (Å²) in [4.78, 5) is 21.9. The Kier molecular flexibility index (Phi) is 7.16. The molecular formula is C21H28N4O2. The molecule has 0 unspecified atom stereocenters. The van der Waals surface area contributed by atoms with Gasteiger partial charge in [-0.05, 0) is 12.8 Å². The molecule has 1 aliphatic carbocycles. The molecule has 6 nitrogen and oxygen atoms in total. The zero-order chi connectivity index (χ0) is 18.9. The summed E-state index contributed by atoms with van der Waals surface area (Å²) in [6.07, 6.45) is 6.95. The molecule has 144 valence electrons. The fourth-order valence-corrected chi connectivity index (χ4v) is 3.33. The van der Waals surface area contributed by atoms with E-state index in [1.54, 1.807) is 13.2 Å². The zero-order valence-electron chi connectivity index (χ0n) is 15.9. The van der Waals surface area contributed by atoms with Crippen LogP contribution in [0.3, 0.4) is 0 Å². The molecule has 1 fully saturated rings. The van der Waals surface area contributed by atoms with Gasteiger partial charge in [0.2, 0.25) is 0 Å². The van der Waals surface area contributed by atoms with E-state index in [0.717, 1.165) is 18.4 Å². The highest BCUT2D eigenvalue weighted by Gasteiger charge is 2.18. The first-order valence-electron chi connectivity index (χ1n) is 9.74. The molecule has 2 aromatic rings. The Bertz CT molecular complexity index is 728. The monoisotopic (exact) mass is 368 g/mol. The van der Waals surface area contributed by atoms with Crippen LogP contribution in [0.4, 0.5) is 5.82 Å². The van der Waals surface area contributed by atoms with Crippen LogP contribution in [0.1, 0.15) is 49.0 Å². The Hall–Kier alpha value is -2.47. The minimum absolute atomic E-state index is 0.128. The molecule has 0 spiro atoms. The summed E-state index contributed by atoms with van der Waals surface area (Å²) >= 11 is 0. The van der Waals surface area contributed by atoms with E-state index in [-0.39, 0.29) is 11.9 Å². The van der Waals surface area contributed by atoms with Crippen LogP contribution in [0.25, 0.3) is 11.4 Å². The summed E-state index contributed by atoms with van der Waals surface area (Å²) in [5.74, 6) is 1.05. The number of aromatic nitrogens is 2. The molecule has 0 radical (unpaired) electrons. The van der Waals surface area contributed by atoms with Crippen LogP contribution >= 0.6 is 0 Å². The Balaban J connectivity index is 1.81. The van der Waals surface area contributed by atoms with Gasteiger partial charge in [0.25, 0.3) is 5.91 Å². The molecule has 1 heterocycles. The van der Waals surface area contributed by atoms with Gasteiger partial charge < -0.3 is 15.4 Å². The van der Waals surface area contributed by atoms with Gasteiger partial charge in [-0.25, -0.2) is 9.97 Å². The number of hydrogen-bond donors (Lipinski definition) is 2. The SMILES string of the molecule is COCCNc1cc(C(=O)NC2CCCCCC2)nc(-c2ccccc2)n1. The lowest BCUT2D eigenvalue weighted by atomic mass is 10.1. The summed E-state index contributed by atoms with van der Waals surface area (Å²) in [5, 5.41) is 6.38. The van der Waals surface area contributed by atoms with Gasteiger partial charge in [-0.15, -0.1) is 0 Å². The number of carbonyl (C=O) groups excluding carboxylic acids is 1. The molecule has 0 aliphatic heterocycles. The highest BCUT2D eigenvalue weighted by atomic mass is 16.5. The number of hydrogen-bond acceptors (Lipinski definition) is 5. The van der Waals surface area contributed by atoms with Gasteiger partial charge in [0, 0.05) is 31.3 Å². The molecular weight excluding hydrogens is 340 g/mol. The summed E-state index contributed by atoms with van der Waals surface area (Å²) < 4.78 is 5.08. The maximum Gasteiger partial charge on any atom is 0.270 e. The maximum atomic E-state index is 12.8. The number of nitrogens with zero attached hydrogens (tertiary/aromatic N) is 2. The van der Waals surface area contributed by atoms with Crippen LogP contribution < -0.4 is 10.6 Å². The molecule has 0 saturated heterocycles. The fourth-order valence-electron chi connectivity index (χ4n) is 3.33. The molecule has 1 aromatic carbocycles. The molecule has 0 atom stereocenters. The smallest absolute Gasteiger partial charge is 0.270 e. The summed E-state index contributed by atoms with van der Waals surface area (Å²) in [7, 11) is 1.66. The minimum atomic E-state index is -0.128. The predicted molar refractivity (Wildman–Crippen MR) is 107 cm³/mol. The van der Waals surface area contributed by atoms with Gasteiger partial charge >= 0.3 is 0 Å². The molecule has 1 aromatic heterocycles. The lowest BCUT2D eigenvalue weighted by Crippen LogP contribution is -2.35. The Morgan fingerprint density at radius 2 is 1.85 bits per heavy atom. The Labute approximate surface area is 160 Å². The van der Waals surface area contributed by atoms with Crippen molar-refractivity contribution in [2.75, 3.05) is 25.6 Å². The number of ether oxygens (including phenoxy) is 1. The largest absolute Gasteiger partial charge is 0.383 e. The lowest BCUT2D eigenvalue weighted by molar-refractivity contribution is 0.0928. The van der Waals surface area contributed by atoms with Gasteiger partial charge in [0.05, 0.1) is 6.61 Å². The van der Waals surface area contributed by atoms with Crippen molar-refractivity contribution in [3.63, 3.8) is 0 Å². The quantitative estimate of drug-likeness (QED) is 0.576. The van der Waals surface area contributed by atoms with Crippen LogP contribution in [0.5, 0.6) is 0 Å². The number of anilines is 1. The third-order valence-electron chi connectivity index (χ3n) is 4.79. The van der Waals surface area contributed by atoms with E-state index in [4.69, 9.17) is 4.74 Å². The first kappa shape index (κ1) is 19.3. The molecule has 3 rings (SSSR count). The topological polar surface area (TPSA) is 76.1 Å². The van der Waals surface area contributed by atoms with E-state index in [0.29, 0.717) is 30.5 Å². The van der Waals surface area contributed by atoms with E-state index in [2.05, 4.69) is 20.6 Å². The number of benzene rings is 1. The molecule has 0 bridgehead atoms. The van der Waals surface area contributed by atoms with Crippen molar-refractivity contribution in [3.8, 4) is 11.4 Å². The van der Waals surface area contributed by atoms with Gasteiger partial charge in [-0.2, -0.15) is 0 Å². The molecule has 1 amide bonds. The standard InChI is InChI=1S/C21H28N4O2/c1-27-14-13-22-19-15-18(21(26)23-17-11-7-2-3-8-12-17)24-20(25-19)16-9-5-4-6-10-16/h4-6,9-10,15,17H,2-3,7-8,11-14H2,1H3,(H,23,26)(H,22,24,25). The summed E-state index contributed by atoms with van der Waals surface area (Å²) in [6.45, 7) is 1.18. The van der Waals surface area contributed by atoms with Crippen molar-refractivity contribution >= 4 is 11.7 Å². The number of nitrogens with one attached hydrogen (secondary N) is 2. The number of amides is 1. The van der Waals surface area contributed by atoms with E-state index in [9.17, 15) is 4.79 Å². The number of rotatable bonds is 7. The molecule has 1 aliphatic rings. The average molecular weight is 368 g/mol. The van der Waals surface area contributed by atoms with Gasteiger partial charge in [0.15, 0.2) is 5.82 Å². The van der Waals surface area contributed by atoms with Crippen LogP contribution in [-0.4, -0.2) is 42.2 Å².